The summed E-state index contributed by atoms with van der Waals surface area (Å²) in [6.07, 6.45) is 4.40. The average Bonchev–Trinajstić information content (AvgIpc) is 3.40. The lowest BCUT2D eigenvalue weighted by atomic mass is 9.82. The van der Waals surface area contributed by atoms with E-state index in [1.807, 2.05) is 12.1 Å². The summed E-state index contributed by atoms with van der Waals surface area (Å²) in [7, 11) is 0. The smallest absolute Gasteiger partial charge is 0.351 e. The summed E-state index contributed by atoms with van der Waals surface area (Å²) in [4.78, 5) is 13.5. The summed E-state index contributed by atoms with van der Waals surface area (Å²) in [6.45, 7) is 4.12. The van der Waals surface area contributed by atoms with Crippen LogP contribution in [0.15, 0.2) is 83.5 Å². The fourth-order valence-electron chi connectivity index (χ4n) is 5.43. The number of aliphatic hydroxyl groups is 1. The highest BCUT2D eigenvalue weighted by molar-refractivity contribution is 5.84. The molecule has 1 aromatic heterocycles. The Labute approximate surface area is 188 Å². The van der Waals surface area contributed by atoms with Gasteiger partial charge in [0, 0.05) is 30.7 Å². The summed E-state index contributed by atoms with van der Waals surface area (Å²) < 4.78 is 12.5. The summed E-state index contributed by atoms with van der Waals surface area (Å²) in [5.41, 5.74) is -0.155. The third-order valence-corrected chi connectivity index (χ3v) is 7.38. The van der Waals surface area contributed by atoms with Gasteiger partial charge in [-0.3, -0.25) is 0 Å². The highest BCUT2D eigenvalue weighted by Crippen LogP contribution is 2.38. The van der Waals surface area contributed by atoms with Crippen LogP contribution in [0, 0.1) is 5.92 Å². The lowest BCUT2D eigenvalue weighted by molar-refractivity contribution is -0.946. The molecule has 5 heteroatoms. The maximum atomic E-state index is 13.5. The maximum Gasteiger partial charge on any atom is 0.351 e. The number of quaternary nitrogens is 1. The first-order valence-electron chi connectivity index (χ1n) is 11.5. The minimum atomic E-state index is -1.95. The van der Waals surface area contributed by atoms with E-state index in [2.05, 4.69) is 24.3 Å². The molecule has 0 aliphatic carbocycles. The van der Waals surface area contributed by atoms with Gasteiger partial charge in [0.1, 0.15) is 6.54 Å². The number of nitrogens with zero attached hydrogens (tertiary/aromatic N) is 1. The first-order chi connectivity index (χ1) is 15.6. The van der Waals surface area contributed by atoms with Gasteiger partial charge in [-0.15, -0.1) is 0 Å². The van der Waals surface area contributed by atoms with Crippen molar-refractivity contribution in [1.82, 2.24) is 0 Å². The van der Waals surface area contributed by atoms with Crippen molar-refractivity contribution in [2.75, 3.05) is 26.2 Å². The molecule has 2 atom stereocenters. The quantitative estimate of drug-likeness (QED) is 0.454. The first-order valence-corrected chi connectivity index (χ1v) is 11.5. The molecule has 32 heavy (non-hydrogen) atoms. The number of piperidine rings is 3. The lowest BCUT2D eigenvalue weighted by Gasteiger charge is -2.52. The molecule has 1 unspecified atom stereocenters. The Morgan fingerprint density at radius 3 is 2.34 bits per heavy atom. The molecule has 3 fully saturated rings. The first kappa shape index (κ1) is 21.0. The number of rotatable bonds is 7. The van der Waals surface area contributed by atoms with Gasteiger partial charge >= 0.3 is 5.97 Å². The van der Waals surface area contributed by atoms with Crippen LogP contribution < -0.4 is 0 Å². The fourth-order valence-corrected chi connectivity index (χ4v) is 5.43. The molecular formula is C27H30NO4+. The predicted molar refractivity (Wildman–Crippen MR) is 121 cm³/mol. The normalized spacial score (nSPS) is 26.4. The molecule has 166 valence electrons. The third-order valence-electron chi connectivity index (χ3n) is 7.38. The van der Waals surface area contributed by atoms with Crippen LogP contribution in [0.4, 0.5) is 0 Å². The van der Waals surface area contributed by atoms with Gasteiger partial charge in [-0.2, -0.15) is 0 Å². The van der Waals surface area contributed by atoms with Crippen LogP contribution in [-0.2, 0) is 21.6 Å². The summed E-state index contributed by atoms with van der Waals surface area (Å²) in [6, 6.07) is 22.8. The fraction of sp³-hybridized carbons (Fsp3) is 0.370. The molecule has 5 nitrogen and oxygen atoms in total. The van der Waals surface area contributed by atoms with E-state index >= 15 is 0 Å². The van der Waals surface area contributed by atoms with Crippen molar-refractivity contribution >= 4 is 5.97 Å². The molecule has 3 aliphatic heterocycles. The van der Waals surface area contributed by atoms with Crippen LogP contribution in [0.2, 0.25) is 0 Å². The van der Waals surface area contributed by atoms with Crippen molar-refractivity contribution in [3.63, 3.8) is 0 Å². The molecule has 0 spiro atoms. The molecule has 0 radical (unpaired) electrons. The highest BCUT2D eigenvalue weighted by atomic mass is 16.6. The molecule has 4 heterocycles. The number of carbonyl (C=O) groups is 1. The number of hydrogen-bond acceptors (Lipinski definition) is 4. The van der Waals surface area contributed by atoms with E-state index in [-0.39, 0.29) is 11.9 Å². The Morgan fingerprint density at radius 1 is 1.00 bits per heavy atom. The number of carbonyl (C=O) groups excluding carboxylic acids is 1. The highest BCUT2D eigenvalue weighted by Gasteiger charge is 2.51. The topological polar surface area (TPSA) is 59.7 Å². The minimum absolute atomic E-state index is 0.183. The van der Waals surface area contributed by atoms with E-state index in [0.717, 1.165) is 49.9 Å². The minimum Gasteiger partial charge on any atom is -0.465 e. The number of fused-ring (bicyclic) bond motifs is 3. The molecule has 0 amide bonds. The maximum absolute atomic E-state index is 13.5. The SMILES string of the molecule is O=C(O[C@H]1C[N+]2(CCc3ccccc3)CCC1CC2)C(O)(c1ccccc1)c1ccco1. The Hall–Kier alpha value is -2.89. The summed E-state index contributed by atoms with van der Waals surface area (Å²) in [5.74, 6) is -0.117. The van der Waals surface area contributed by atoms with E-state index < -0.39 is 11.6 Å². The number of benzene rings is 2. The summed E-state index contributed by atoms with van der Waals surface area (Å²) in [5, 5.41) is 11.6. The largest absolute Gasteiger partial charge is 0.465 e. The van der Waals surface area contributed by atoms with Gasteiger partial charge in [-0.05, 0) is 17.7 Å². The Kier molecular flexibility index (Phi) is 5.62. The molecule has 3 aliphatic rings. The third kappa shape index (κ3) is 3.87. The molecule has 2 aromatic carbocycles. The van der Waals surface area contributed by atoms with Crippen LogP contribution in [0.5, 0.6) is 0 Å². The van der Waals surface area contributed by atoms with Crippen molar-refractivity contribution in [3.8, 4) is 0 Å². The van der Waals surface area contributed by atoms with Crippen molar-refractivity contribution in [2.45, 2.75) is 31.0 Å². The molecule has 0 saturated carbocycles. The van der Waals surface area contributed by atoms with Gasteiger partial charge < -0.3 is 18.7 Å². The zero-order valence-electron chi connectivity index (χ0n) is 18.2. The van der Waals surface area contributed by atoms with Gasteiger partial charge in [0.05, 0.1) is 25.9 Å². The van der Waals surface area contributed by atoms with Crippen molar-refractivity contribution in [2.24, 2.45) is 5.92 Å². The van der Waals surface area contributed by atoms with Crippen LogP contribution in [0.1, 0.15) is 29.7 Å². The van der Waals surface area contributed by atoms with E-state index in [1.54, 1.807) is 36.4 Å². The lowest BCUT2D eigenvalue weighted by Crippen LogP contribution is -2.65. The number of hydrogen-bond donors (Lipinski definition) is 1. The van der Waals surface area contributed by atoms with Crippen LogP contribution >= 0.6 is 0 Å². The number of esters is 1. The molecule has 2 bridgehead atoms. The van der Waals surface area contributed by atoms with E-state index in [4.69, 9.17) is 9.15 Å². The molecule has 1 N–H and O–H groups in total. The number of furan rings is 1. The number of ether oxygens (including phenoxy) is 1. The molecule has 3 aromatic rings. The second kappa shape index (κ2) is 8.57. The zero-order chi connectivity index (χ0) is 22.0. The van der Waals surface area contributed by atoms with E-state index in [9.17, 15) is 9.90 Å². The van der Waals surface area contributed by atoms with Gasteiger partial charge in [-0.1, -0.05) is 60.7 Å². The second-order valence-corrected chi connectivity index (χ2v) is 9.27. The van der Waals surface area contributed by atoms with Gasteiger partial charge in [-0.25, -0.2) is 4.79 Å². The Balaban J connectivity index is 1.34. The molecule has 3 saturated heterocycles. The Bertz CT molecular complexity index is 1030. The standard InChI is InChI=1S/C27H30NO4/c29-26(27(30,25-12-7-19-31-25)23-10-5-2-6-11-23)32-24-20-28(17-14-22(24)15-18-28)16-13-21-8-3-1-4-9-21/h1-12,19,22,24,30H,13-18,20H2/q+1/t22?,24-,27?,28?/m0/s1. The van der Waals surface area contributed by atoms with Crippen molar-refractivity contribution in [1.29, 1.82) is 0 Å². The van der Waals surface area contributed by atoms with Crippen LogP contribution in [0.25, 0.3) is 0 Å². The monoisotopic (exact) mass is 432 g/mol. The Morgan fingerprint density at radius 2 is 1.69 bits per heavy atom. The van der Waals surface area contributed by atoms with Crippen molar-refractivity contribution < 1.29 is 23.5 Å². The van der Waals surface area contributed by atoms with Gasteiger partial charge in [0.25, 0.3) is 0 Å². The molecule has 6 rings (SSSR count). The predicted octanol–water partition coefficient (Wildman–Crippen LogP) is 3.91. The zero-order valence-corrected chi connectivity index (χ0v) is 18.2. The molecular weight excluding hydrogens is 402 g/mol. The second-order valence-electron chi connectivity index (χ2n) is 9.27. The van der Waals surface area contributed by atoms with Crippen LogP contribution in [-0.4, -0.2) is 47.8 Å². The van der Waals surface area contributed by atoms with Crippen LogP contribution in [0.3, 0.4) is 0 Å². The summed E-state index contributed by atoms with van der Waals surface area (Å²) >= 11 is 0. The van der Waals surface area contributed by atoms with Gasteiger partial charge in [0.15, 0.2) is 11.9 Å². The van der Waals surface area contributed by atoms with E-state index in [1.165, 1.54) is 11.8 Å². The average molecular weight is 433 g/mol. The van der Waals surface area contributed by atoms with Crippen molar-refractivity contribution in [3.05, 3.63) is 95.9 Å². The van der Waals surface area contributed by atoms with Gasteiger partial charge in [0.2, 0.25) is 5.60 Å². The van der Waals surface area contributed by atoms with E-state index in [0.29, 0.717) is 11.5 Å².